The van der Waals surface area contributed by atoms with Crippen molar-refractivity contribution < 1.29 is 18.4 Å². The van der Waals surface area contributed by atoms with E-state index in [0.717, 1.165) is 0 Å². The number of hydrogen-bond donors (Lipinski definition) is 0. The lowest BCUT2D eigenvalue weighted by Crippen LogP contribution is -2.38. The predicted molar refractivity (Wildman–Crippen MR) is 88.7 cm³/mol. The van der Waals surface area contributed by atoms with Gasteiger partial charge in [0.1, 0.15) is 11.6 Å². The van der Waals surface area contributed by atoms with Crippen molar-refractivity contribution in [1.29, 1.82) is 0 Å². The molecule has 3 aromatic rings. The lowest BCUT2D eigenvalue weighted by molar-refractivity contribution is -0.121. The Kier molecular flexibility index (Phi) is 3.68. The van der Waals surface area contributed by atoms with Crippen LogP contribution in [0.5, 0.6) is 5.75 Å². The molecular formula is C18H14FN3O3. The topological polar surface area (TPSA) is 68.5 Å². The Morgan fingerprint density at radius 3 is 2.68 bits per heavy atom. The van der Waals surface area contributed by atoms with Crippen molar-refractivity contribution in [2.24, 2.45) is 0 Å². The average molecular weight is 339 g/mol. The molecule has 0 saturated heterocycles. The highest BCUT2D eigenvalue weighted by Gasteiger charge is 2.25. The van der Waals surface area contributed by atoms with Crippen LogP contribution in [-0.2, 0) is 4.79 Å². The number of fused-ring (bicyclic) bond motifs is 1. The molecule has 6 nitrogen and oxygen atoms in total. The van der Waals surface area contributed by atoms with E-state index in [1.165, 1.54) is 12.1 Å². The minimum atomic E-state index is -0.331. The molecule has 0 aliphatic carbocycles. The van der Waals surface area contributed by atoms with E-state index < -0.39 is 0 Å². The van der Waals surface area contributed by atoms with Gasteiger partial charge in [-0.1, -0.05) is 5.16 Å². The van der Waals surface area contributed by atoms with Gasteiger partial charge in [-0.15, -0.1) is 0 Å². The molecule has 0 fully saturated rings. The van der Waals surface area contributed by atoms with E-state index in [2.05, 4.69) is 10.1 Å². The highest BCUT2D eigenvalue weighted by molar-refractivity contribution is 5.98. The van der Waals surface area contributed by atoms with Crippen LogP contribution in [-0.4, -0.2) is 29.2 Å². The van der Waals surface area contributed by atoms with Crippen molar-refractivity contribution in [3.05, 3.63) is 48.3 Å². The fraction of sp³-hybridized carbons (Fsp3) is 0.167. The summed E-state index contributed by atoms with van der Waals surface area (Å²) in [6, 6.07) is 11.2. The summed E-state index contributed by atoms with van der Waals surface area (Å²) in [6.07, 6.45) is 0. The quantitative estimate of drug-likeness (QED) is 0.732. The van der Waals surface area contributed by atoms with Crippen LogP contribution in [0.1, 0.15) is 6.92 Å². The van der Waals surface area contributed by atoms with Gasteiger partial charge in [-0.2, -0.15) is 4.98 Å². The predicted octanol–water partition coefficient (Wildman–Crippen LogP) is 3.29. The number of nitrogens with zero attached hydrogens (tertiary/aromatic N) is 3. The SMILES string of the molecule is CCN1C(=O)COc2ccc(-c3noc(-c4ccc(F)cc4)n3)cc21. The summed E-state index contributed by atoms with van der Waals surface area (Å²) in [4.78, 5) is 18.0. The van der Waals surface area contributed by atoms with E-state index in [4.69, 9.17) is 9.26 Å². The van der Waals surface area contributed by atoms with Gasteiger partial charge in [0.2, 0.25) is 5.82 Å². The Bertz CT molecular complexity index is 937. The normalized spacial score (nSPS) is 13.5. The minimum absolute atomic E-state index is 0.0388. The molecule has 7 heteroatoms. The molecule has 0 saturated carbocycles. The molecule has 25 heavy (non-hydrogen) atoms. The highest BCUT2D eigenvalue weighted by Crippen LogP contribution is 2.35. The van der Waals surface area contributed by atoms with Crippen LogP contribution in [0.3, 0.4) is 0 Å². The zero-order chi connectivity index (χ0) is 17.4. The lowest BCUT2D eigenvalue weighted by atomic mass is 10.1. The van der Waals surface area contributed by atoms with Crippen LogP contribution < -0.4 is 9.64 Å². The van der Waals surface area contributed by atoms with Crippen LogP contribution in [0.2, 0.25) is 0 Å². The molecular weight excluding hydrogens is 325 g/mol. The fourth-order valence-electron chi connectivity index (χ4n) is 2.74. The Morgan fingerprint density at radius 2 is 1.92 bits per heavy atom. The van der Waals surface area contributed by atoms with E-state index in [0.29, 0.717) is 40.8 Å². The Labute approximate surface area is 142 Å². The molecule has 1 amide bonds. The van der Waals surface area contributed by atoms with E-state index in [-0.39, 0.29) is 18.3 Å². The van der Waals surface area contributed by atoms with Gasteiger partial charge in [-0.05, 0) is 49.4 Å². The fourth-order valence-corrected chi connectivity index (χ4v) is 2.74. The third-order valence-electron chi connectivity index (χ3n) is 3.99. The Morgan fingerprint density at radius 1 is 1.16 bits per heavy atom. The van der Waals surface area contributed by atoms with Crippen LogP contribution in [0.4, 0.5) is 10.1 Å². The second-order valence-corrected chi connectivity index (χ2v) is 5.54. The zero-order valence-electron chi connectivity index (χ0n) is 13.4. The van der Waals surface area contributed by atoms with Gasteiger partial charge in [0.25, 0.3) is 11.8 Å². The Balaban J connectivity index is 1.70. The molecule has 126 valence electrons. The van der Waals surface area contributed by atoms with Crippen LogP contribution in [0, 0.1) is 5.82 Å². The molecule has 0 bridgehead atoms. The number of amides is 1. The van der Waals surface area contributed by atoms with Gasteiger partial charge in [-0.25, -0.2) is 4.39 Å². The first-order chi connectivity index (χ1) is 12.2. The van der Waals surface area contributed by atoms with Crippen LogP contribution >= 0.6 is 0 Å². The number of hydrogen-bond acceptors (Lipinski definition) is 5. The van der Waals surface area contributed by atoms with Gasteiger partial charge >= 0.3 is 0 Å². The van der Waals surface area contributed by atoms with E-state index in [1.807, 2.05) is 13.0 Å². The molecule has 2 heterocycles. The monoisotopic (exact) mass is 339 g/mol. The summed E-state index contributed by atoms with van der Waals surface area (Å²) in [6.45, 7) is 2.49. The summed E-state index contributed by atoms with van der Waals surface area (Å²) in [5.74, 6) is 0.908. The third-order valence-corrected chi connectivity index (χ3v) is 3.99. The first-order valence-corrected chi connectivity index (χ1v) is 7.83. The molecule has 0 radical (unpaired) electrons. The van der Waals surface area contributed by atoms with Crippen molar-refractivity contribution in [2.45, 2.75) is 6.92 Å². The number of carbonyl (C=O) groups excluding carboxylic acids is 1. The van der Waals surface area contributed by atoms with Crippen molar-refractivity contribution >= 4 is 11.6 Å². The number of aromatic nitrogens is 2. The van der Waals surface area contributed by atoms with Gasteiger partial charge in [0, 0.05) is 17.7 Å². The maximum Gasteiger partial charge on any atom is 0.265 e. The molecule has 0 N–H and O–H groups in total. The molecule has 0 unspecified atom stereocenters. The maximum atomic E-state index is 13.0. The molecule has 1 aliphatic heterocycles. The Hall–Kier alpha value is -3.22. The van der Waals surface area contributed by atoms with Crippen molar-refractivity contribution in [2.75, 3.05) is 18.1 Å². The van der Waals surface area contributed by atoms with E-state index in [9.17, 15) is 9.18 Å². The lowest BCUT2D eigenvalue weighted by Gasteiger charge is -2.28. The van der Waals surface area contributed by atoms with Gasteiger partial charge in [0.05, 0.1) is 5.69 Å². The maximum absolute atomic E-state index is 13.0. The van der Waals surface area contributed by atoms with Gasteiger partial charge in [0.15, 0.2) is 6.61 Å². The summed E-state index contributed by atoms with van der Waals surface area (Å²) >= 11 is 0. The van der Waals surface area contributed by atoms with Gasteiger partial charge < -0.3 is 14.2 Å². The van der Waals surface area contributed by atoms with Crippen molar-refractivity contribution in [1.82, 2.24) is 10.1 Å². The number of ether oxygens (including phenoxy) is 1. The standard InChI is InChI=1S/C18H14FN3O3/c1-2-22-14-9-12(5-8-15(14)24-10-16(22)23)17-20-18(25-21-17)11-3-6-13(19)7-4-11/h3-9H,2,10H2,1H3. The molecule has 0 spiro atoms. The van der Waals surface area contributed by atoms with Crippen molar-refractivity contribution in [3.63, 3.8) is 0 Å². The summed E-state index contributed by atoms with van der Waals surface area (Å²) < 4.78 is 23.7. The summed E-state index contributed by atoms with van der Waals surface area (Å²) in [7, 11) is 0. The van der Waals surface area contributed by atoms with E-state index >= 15 is 0 Å². The number of anilines is 1. The molecule has 0 atom stereocenters. The minimum Gasteiger partial charge on any atom is -0.482 e. The molecule has 1 aliphatic rings. The number of carbonyl (C=O) groups is 1. The average Bonchev–Trinajstić information content (AvgIpc) is 3.12. The highest BCUT2D eigenvalue weighted by atomic mass is 19.1. The third kappa shape index (κ3) is 2.73. The number of likely N-dealkylation sites (N-methyl/N-ethyl adjacent to an activating group) is 1. The van der Waals surface area contributed by atoms with Crippen LogP contribution in [0.15, 0.2) is 47.0 Å². The summed E-state index contributed by atoms with van der Waals surface area (Å²) in [5.41, 5.74) is 2.02. The first kappa shape index (κ1) is 15.3. The molecule has 4 rings (SSSR count). The van der Waals surface area contributed by atoms with Crippen molar-refractivity contribution in [3.8, 4) is 28.6 Å². The zero-order valence-corrected chi connectivity index (χ0v) is 13.4. The smallest absolute Gasteiger partial charge is 0.265 e. The number of rotatable bonds is 3. The number of benzene rings is 2. The number of halogens is 1. The first-order valence-electron chi connectivity index (χ1n) is 7.83. The molecule has 2 aromatic carbocycles. The van der Waals surface area contributed by atoms with Crippen LogP contribution in [0.25, 0.3) is 22.8 Å². The molecule has 1 aromatic heterocycles. The van der Waals surface area contributed by atoms with Gasteiger partial charge in [-0.3, -0.25) is 4.79 Å². The summed E-state index contributed by atoms with van der Waals surface area (Å²) in [5, 5.41) is 3.98. The second-order valence-electron chi connectivity index (χ2n) is 5.54. The second kappa shape index (κ2) is 6.01. The largest absolute Gasteiger partial charge is 0.482 e. The van der Waals surface area contributed by atoms with E-state index in [1.54, 1.807) is 29.2 Å².